The zero-order chi connectivity index (χ0) is 12.2. The highest BCUT2D eigenvalue weighted by atomic mass is 16.1. The second-order valence-electron chi connectivity index (χ2n) is 5.34. The zero-order valence-electron chi connectivity index (χ0n) is 10.6. The van der Waals surface area contributed by atoms with Gasteiger partial charge in [0.25, 0.3) is 0 Å². The molecule has 0 aliphatic rings. The van der Waals surface area contributed by atoms with Gasteiger partial charge in [-0.05, 0) is 17.4 Å². The summed E-state index contributed by atoms with van der Waals surface area (Å²) in [5, 5.41) is 2.75. The van der Waals surface area contributed by atoms with Crippen LogP contribution in [0.5, 0.6) is 0 Å². The molecule has 2 heteroatoms. The van der Waals surface area contributed by atoms with E-state index in [1.54, 1.807) is 7.05 Å². The fourth-order valence-electron chi connectivity index (χ4n) is 1.83. The summed E-state index contributed by atoms with van der Waals surface area (Å²) in [5.74, 6) is 0.0484. The first-order chi connectivity index (χ1) is 7.44. The molecule has 0 saturated carbocycles. The number of hydrogen-bond acceptors (Lipinski definition) is 1. The van der Waals surface area contributed by atoms with Crippen LogP contribution in [0.3, 0.4) is 0 Å². The highest BCUT2D eigenvalue weighted by molar-refractivity contribution is 5.83. The Hall–Kier alpha value is -1.31. The predicted octanol–water partition coefficient (Wildman–Crippen LogP) is 2.95. The van der Waals surface area contributed by atoms with Gasteiger partial charge in [-0.2, -0.15) is 0 Å². The maximum absolute atomic E-state index is 11.9. The lowest BCUT2D eigenvalue weighted by molar-refractivity contribution is -0.122. The van der Waals surface area contributed by atoms with Gasteiger partial charge in [-0.25, -0.2) is 0 Å². The number of likely N-dealkylation sites (N-methyl/N-ethyl adjacent to an activating group) is 1. The van der Waals surface area contributed by atoms with Crippen LogP contribution < -0.4 is 5.32 Å². The van der Waals surface area contributed by atoms with E-state index in [4.69, 9.17) is 0 Å². The summed E-state index contributed by atoms with van der Waals surface area (Å²) in [5.41, 5.74) is 1.24. The second kappa shape index (κ2) is 5.15. The molecule has 0 saturated heterocycles. The highest BCUT2D eigenvalue weighted by Crippen LogP contribution is 2.31. The van der Waals surface area contributed by atoms with Crippen LogP contribution in [-0.2, 0) is 4.79 Å². The molecule has 0 fully saturated rings. The van der Waals surface area contributed by atoms with Crippen LogP contribution in [0.1, 0.15) is 38.7 Å². The van der Waals surface area contributed by atoms with E-state index in [0.717, 1.165) is 12.0 Å². The van der Waals surface area contributed by atoms with Gasteiger partial charge in [-0.1, -0.05) is 51.1 Å². The van der Waals surface area contributed by atoms with Crippen molar-refractivity contribution in [1.82, 2.24) is 5.32 Å². The van der Waals surface area contributed by atoms with Crippen molar-refractivity contribution in [2.45, 2.75) is 33.1 Å². The molecule has 0 aliphatic heterocycles. The predicted molar refractivity (Wildman–Crippen MR) is 67.3 cm³/mol. The van der Waals surface area contributed by atoms with Crippen molar-refractivity contribution < 1.29 is 4.79 Å². The number of rotatable bonds is 3. The number of nitrogens with one attached hydrogen (secondary N) is 1. The van der Waals surface area contributed by atoms with Crippen LogP contribution >= 0.6 is 0 Å². The maximum Gasteiger partial charge on any atom is 0.227 e. The normalized spacial score (nSPS) is 13.2. The molecule has 0 spiro atoms. The number of benzene rings is 1. The van der Waals surface area contributed by atoms with E-state index in [2.05, 4.69) is 26.1 Å². The second-order valence-corrected chi connectivity index (χ2v) is 5.34. The van der Waals surface area contributed by atoms with Gasteiger partial charge in [0.2, 0.25) is 5.91 Å². The molecule has 1 amide bonds. The summed E-state index contributed by atoms with van der Waals surface area (Å²) in [4.78, 5) is 11.9. The standard InChI is InChI=1S/C14H21NO/c1-14(2,3)10-12(13(16)15-4)11-8-6-5-7-9-11/h5-9,12H,10H2,1-4H3,(H,15,16). The smallest absolute Gasteiger partial charge is 0.227 e. The monoisotopic (exact) mass is 219 g/mol. The highest BCUT2D eigenvalue weighted by Gasteiger charge is 2.25. The molecule has 0 bridgehead atoms. The van der Waals surface area contributed by atoms with Crippen LogP contribution in [0.25, 0.3) is 0 Å². The average molecular weight is 219 g/mol. The molecule has 88 valence electrons. The Labute approximate surface area is 98.1 Å². The molecule has 1 aromatic rings. The Kier molecular flexibility index (Phi) is 4.11. The summed E-state index contributed by atoms with van der Waals surface area (Å²) in [6, 6.07) is 9.97. The van der Waals surface area contributed by atoms with Gasteiger partial charge >= 0.3 is 0 Å². The van der Waals surface area contributed by atoms with E-state index in [0.29, 0.717) is 0 Å². The van der Waals surface area contributed by atoms with E-state index >= 15 is 0 Å². The largest absolute Gasteiger partial charge is 0.359 e. The van der Waals surface area contributed by atoms with Crippen LogP contribution in [0, 0.1) is 5.41 Å². The summed E-state index contributed by atoms with van der Waals surface area (Å²) in [7, 11) is 1.70. The quantitative estimate of drug-likeness (QED) is 0.832. The van der Waals surface area contributed by atoms with E-state index in [1.807, 2.05) is 30.3 Å². The van der Waals surface area contributed by atoms with Gasteiger partial charge in [-0.15, -0.1) is 0 Å². The van der Waals surface area contributed by atoms with Crippen molar-refractivity contribution in [3.8, 4) is 0 Å². The van der Waals surface area contributed by atoms with Gasteiger partial charge < -0.3 is 5.32 Å². The Morgan fingerprint density at radius 3 is 2.25 bits per heavy atom. The summed E-state index contributed by atoms with van der Waals surface area (Å²) < 4.78 is 0. The Bertz CT molecular complexity index is 338. The lowest BCUT2D eigenvalue weighted by Gasteiger charge is -2.25. The Morgan fingerprint density at radius 1 is 1.25 bits per heavy atom. The van der Waals surface area contributed by atoms with Crippen molar-refractivity contribution >= 4 is 5.91 Å². The summed E-state index contributed by atoms with van der Waals surface area (Å²) in [6.07, 6.45) is 0.858. The van der Waals surface area contributed by atoms with Gasteiger partial charge in [0.15, 0.2) is 0 Å². The van der Waals surface area contributed by atoms with Crippen molar-refractivity contribution in [2.75, 3.05) is 7.05 Å². The van der Waals surface area contributed by atoms with E-state index in [-0.39, 0.29) is 17.2 Å². The third-order valence-electron chi connectivity index (χ3n) is 2.58. The van der Waals surface area contributed by atoms with E-state index in [1.165, 1.54) is 0 Å². The van der Waals surface area contributed by atoms with Crippen LogP contribution in [-0.4, -0.2) is 13.0 Å². The minimum absolute atomic E-state index is 0.0498. The van der Waals surface area contributed by atoms with Gasteiger partial charge in [-0.3, -0.25) is 4.79 Å². The van der Waals surface area contributed by atoms with Crippen LogP contribution in [0.4, 0.5) is 0 Å². The molecular formula is C14H21NO. The third-order valence-corrected chi connectivity index (χ3v) is 2.58. The van der Waals surface area contributed by atoms with Crippen molar-refractivity contribution in [3.05, 3.63) is 35.9 Å². The maximum atomic E-state index is 11.9. The molecule has 0 aliphatic carbocycles. The van der Waals surface area contributed by atoms with Gasteiger partial charge in [0.05, 0.1) is 5.92 Å². The van der Waals surface area contributed by atoms with E-state index < -0.39 is 0 Å². The van der Waals surface area contributed by atoms with Crippen molar-refractivity contribution in [1.29, 1.82) is 0 Å². The summed E-state index contributed by atoms with van der Waals surface area (Å²) in [6.45, 7) is 6.48. The topological polar surface area (TPSA) is 29.1 Å². The molecule has 2 nitrogen and oxygen atoms in total. The first-order valence-corrected chi connectivity index (χ1v) is 5.70. The molecule has 0 radical (unpaired) electrons. The molecule has 0 aromatic heterocycles. The number of hydrogen-bond donors (Lipinski definition) is 1. The molecule has 16 heavy (non-hydrogen) atoms. The molecule has 1 rings (SSSR count). The average Bonchev–Trinajstić information content (AvgIpc) is 2.25. The fourth-order valence-corrected chi connectivity index (χ4v) is 1.83. The molecule has 1 unspecified atom stereocenters. The lowest BCUT2D eigenvalue weighted by atomic mass is 9.81. The minimum Gasteiger partial charge on any atom is -0.359 e. The first kappa shape index (κ1) is 12.8. The fraction of sp³-hybridized carbons (Fsp3) is 0.500. The molecule has 0 heterocycles. The Morgan fingerprint density at radius 2 is 1.81 bits per heavy atom. The zero-order valence-corrected chi connectivity index (χ0v) is 10.6. The van der Waals surface area contributed by atoms with Crippen LogP contribution in [0.2, 0.25) is 0 Å². The SMILES string of the molecule is CNC(=O)C(CC(C)(C)C)c1ccccc1. The van der Waals surface area contributed by atoms with E-state index in [9.17, 15) is 4.79 Å². The Balaban J connectivity index is 2.93. The third kappa shape index (κ3) is 3.69. The lowest BCUT2D eigenvalue weighted by Crippen LogP contribution is -2.28. The number of carbonyl (C=O) groups is 1. The van der Waals surface area contributed by atoms with Crippen molar-refractivity contribution in [3.63, 3.8) is 0 Å². The first-order valence-electron chi connectivity index (χ1n) is 5.70. The molecule has 1 N–H and O–H groups in total. The number of carbonyl (C=O) groups excluding carboxylic acids is 1. The minimum atomic E-state index is -0.0498. The summed E-state index contributed by atoms with van der Waals surface area (Å²) >= 11 is 0. The molecule has 1 atom stereocenters. The number of amides is 1. The van der Waals surface area contributed by atoms with Gasteiger partial charge in [0, 0.05) is 7.05 Å². The molecule has 1 aromatic carbocycles. The van der Waals surface area contributed by atoms with Crippen LogP contribution in [0.15, 0.2) is 30.3 Å². The van der Waals surface area contributed by atoms with Crippen molar-refractivity contribution in [2.24, 2.45) is 5.41 Å². The van der Waals surface area contributed by atoms with Gasteiger partial charge in [0.1, 0.15) is 0 Å². The molecular weight excluding hydrogens is 198 g/mol.